The van der Waals surface area contributed by atoms with Gasteiger partial charge in [0.1, 0.15) is 11.6 Å². The van der Waals surface area contributed by atoms with Crippen molar-refractivity contribution in [2.24, 2.45) is 0 Å². The monoisotopic (exact) mass is 322 g/mol. The second-order valence-electron chi connectivity index (χ2n) is 5.41. The standard InChI is InChI=1S/C16H22N2O3S/c1-4-5-12-21-14-6-8-15(9-7-14)22(19,20)18-11-10-17-16(18)13(2)3/h6-11,13H,4-5,12H2,1-3H3. The van der Waals surface area contributed by atoms with Crippen LogP contribution >= 0.6 is 0 Å². The van der Waals surface area contributed by atoms with E-state index in [0.29, 0.717) is 18.2 Å². The van der Waals surface area contributed by atoms with Gasteiger partial charge in [-0.15, -0.1) is 0 Å². The van der Waals surface area contributed by atoms with E-state index in [0.717, 1.165) is 12.8 Å². The zero-order chi connectivity index (χ0) is 16.2. The van der Waals surface area contributed by atoms with Gasteiger partial charge in [-0.05, 0) is 30.7 Å². The first-order valence-electron chi connectivity index (χ1n) is 7.48. The molecule has 120 valence electrons. The zero-order valence-electron chi connectivity index (χ0n) is 13.2. The van der Waals surface area contributed by atoms with Gasteiger partial charge in [0.25, 0.3) is 10.0 Å². The predicted octanol–water partition coefficient (Wildman–Crippen LogP) is 3.42. The van der Waals surface area contributed by atoms with Crippen molar-refractivity contribution in [2.75, 3.05) is 6.61 Å². The molecule has 0 radical (unpaired) electrons. The Kier molecular flexibility index (Phi) is 5.24. The second kappa shape index (κ2) is 6.96. The molecule has 0 fully saturated rings. The number of rotatable bonds is 7. The maximum Gasteiger partial charge on any atom is 0.269 e. The fourth-order valence-corrected chi connectivity index (χ4v) is 3.49. The second-order valence-corrected chi connectivity index (χ2v) is 7.23. The van der Waals surface area contributed by atoms with E-state index in [-0.39, 0.29) is 10.8 Å². The van der Waals surface area contributed by atoms with Crippen molar-refractivity contribution in [2.45, 2.75) is 44.4 Å². The molecule has 0 N–H and O–H groups in total. The molecule has 0 saturated carbocycles. The SMILES string of the molecule is CCCCOc1ccc(S(=O)(=O)n2ccnc2C(C)C)cc1. The normalized spacial score (nSPS) is 11.8. The third-order valence-electron chi connectivity index (χ3n) is 3.30. The largest absolute Gasteiger partial charge is 0.494 e. The van der Waals surface area contributed by atoms with Gasteiger partial charge < -0.3 is 4.74 Å². The highest BCUT2D eigenvalue weighted by molar-refractivity contribution is 7.90. The Morgan fingerprint density at radius 1 is 1.23 bits per heavy atom. The van der Waals surface area contributed by atoms with Crippen molar-refractivity contribution in [3.05, 3.63) is 42.5 Å². The highest BCUT2D eigenvalue weighted by Crippen LogP contribution is 2.22. The number of hydrogen-bond donors (Lipinski definition) is 0. The summed E-state index contributed by atoms with van der Waals surface area (Å²) in [7, 11) is -3.61. The number of aromatic nitrogens is 2. The van der Waals surface area contributed by atoms with Crippen LogP contribution in [0.5, 0.6) is 5.75 Å². The molecular weight excluding hydrogens is 300 g/mol. The Morgan fingerprint density at radius 2 is 1.91 bits per heavy atom. The zero-order valence-corrected chi connectivity index (χ0v) is 14.0. The van der Waals surface area contributed by atoms with Crippen molar-refractivity contribution in [3.63, 3.8) is 0 Å². The van der Waals surface area contributed by atoms with Crippen molar-refractivity contribution < 1.29 is 13.2 Å². The summed E-state index contributed by atoms with van der Waals surface area (Å²) in [5, 5.41) is 0. The van der Waals surface area contributed by atoms with Gasteiger partial charge in [0.15, 0.2) is 0 Å². The Bertz CT molecular complexity index is 703. The highest BCUT2D eigenvalue weighted by atomic mass is 32.2. The van der Waals surface area contributed by atoms with Gasteiger partial charge in [0.2, 0.25) is 0 Å². The molecule has 2 rings (SSSR count). The van der Waals surface area contributed by atoms with Gasteiger partial charge >= 0.3 is 0 Å². The first kappa shape index (κ1) is 16.5. The average Bonchev–Trinajstić information content (AvgIpc) is 2.98. The van der Waals surface area contributed by atoms with Gasteiger partial charge in [0, 0.05) is 18.3 Å². The summed E-state index contributed by atoms with van der Waals surface area (Å²) in [6.45, 7) is 6.57. The summed E-state index contributed by atoms with van der Waals surface area (Å²) >= 11 is 0. The molecule has 0 bridgehead atoms. The Morgan fingerprint density at radius 3 is 2.50 bits per heavy atom. The number of benzene rings is 1. The van der Waals surface area contributed by atoms with Crippen LogP contribution in [0.4, 0.5) is 0 Å². The molecule has 0 aliphatic rings. The van der Waals surface area contributed by atoms with Crippen LogP contribution in [0, 0.1) is 0 Å². The fourth-order valence-electron chi connectivity index (χ4n) is 2.07. The third kappa shape index (κ3) is 3.50. The molecule has 0 aliphatic heterocycles. The van der Waals surface area contributed by atoms with Crippen LogP contribution in [0.3, 0.4) is 0 Å². The molecule has 1 aromatic heterocycles. The van der Waals surface area contributed by atoms with E-state index < -0.39 is 10.0 Å². The van der Waals surface area contributed by atoms with Gasteiger partial charge in [0.05, 0.1) is 11.5 Å². The molecule has 2 aromatic rings. The summed E-state index contributed by atoms with van der Waals surface area (Å²) in [4.78, 5) is 4.37. The molecule has 22 heavy (non-hydrogen) atoms. The molecule has 0 saturated heterocycles. The molecule has 5 nitrogen and oxygen atoms in total. The number of ether oxygens (including phenoxy) is 1. The quantitative estimate of drug-likeness (QED) is 0.733. The highest BCUT2D eigenvalue weighted by Gasteiger charge is 2.21. The van der Waals surface area contributed by atoms with Crippen LogP contribution in [0.1, 0.15) is 45.4 Å². The van der Waals surface area contributed by atoms with Crippen molar-refractivity contribution >= 4 is 10.0 Å². The first-order chi connectivity index (χ1) is 10.5. The molecule has 0 unspecified atom stereocenters. The molecule has 0 atom stereocenters. The summed E-state index contributed by atoms with van der Waals surface area (Å²) < 4.78 is 32.1. The maximum absolute atomic E-state index is 12.7. The number of hydrogen-bond acceptors (Lipinski definition) is 4. The third-order valence-corrected chi connectivity index (χ3v) is 4.99. The van der Waals surface area contributed by atoms with E-state index in [9.17, 15) is 8.42 Å². The van der Waals surface area contributed by atoms with E-state index in [1.54, 1.807) is 24.3 Å². The Hall–Kier alpha value is -1.82. The minimum absolute atomic E-state index is 0.0291. The molecule has 0 aliphatic carbocycles. The van der Waals surface area contributed by atoms with E-state index in [2.05, 4.69) is 11.9 Å². The lowest BCUT2D eigenvalue weighted by molar-refractivity contribution is 0.309. The number of imidazole rings is 1. The van der Waals surface area contributed by atoms with Crippen molar-refractivity contribution in [1.82, 2.24) is 8.96 Å². The Labute approximate surface area is 132 Å². The number of unbranched alkanes of at least 4 members (excludes halogenated alkanes) is 1. The topological polar surface area (TPSA) is 61.2 Å². The van der Waals surface area contributed by atoms with Crippen molar-refractivity contribution in [3.8, 4) is 5.75 Å². The molecular formula is C16H22N2O3S. The predicted molar refractivity (Wildman–Crippen MR) is 85.7 cm³/mol. The first-order valence-corrected chi connectivity index (χ1v) is 8.92. The van der Waals surface area contributed by atoms with Gasteiger partial charge in [-0.25, -0.2) is 17.4 Å². The molecule has 1 heterocycles. The molecule has 0 amide bonds. The van der Waals surface area contributed by atoms with Crippen LogP contribution in [-0.2, 0) is 10.0 Å². The van der Waals surface area contributed by atoms with Gasteiger partial charge in [-0.3, -0.25) is 0 Å². The summed E-state index contributed by atoms with van der Waals surface area (Å²) in [5.41, 5.74) is 0. The van der Waals surface area contributed by atoms with Crippen LogP contribution in [-0.4, -0.2) is 24.0 Å². The average molecular weight is 322 g/mol. The lowest BCUT2D eigenvalue weighted by atomic mass is 10.2. The summed E-state index contributed by atoms with van der Waals surface area (Å²) in [5.74, 6) is 1.24. The fraction of sp³-hybridized carbons (Fsp3) is 0.438. The lowest BCUT2D eigenvalue weighted by Crippen LogP contribution is -2.16. The molecule has 1 aromatic carbocycles. The van der Waals surface area contributed by atoms with E-state index >= 15 is 0 Å². The summed E-state index contributed by atoms with van der Waals surface area (Å²) in [6, 6.07) is 6.52. The Balaban J connectivity index is 2.24. The smallest absolute Gasteiger partial charge is 0.269 e. The van der Waals surface area contributed by atoms with Crippen molar-refractivity contribution in [1.29, 1.82) is 0 Å². The minimum Gasteiger partial charge on any atom is -0.494 e. The summed E-state index contributed by atoms with van der Waals surface area (Å²) in [6.07, 6.45) is 5.03. The van der Waals surface area contributed by atoms with E-state index in [1.165, 1.54) is 16.4 Å². The minimum atomic E-state index is -3.61. The van der Waals surface area contributed by atoms with Gasteiger partial charge in [-0.1, -0.05) is 27.2 Å². The molecule has 0 spiro atoms. The van der Waals surface area contributed by atoms with Crippen LogP contribution in [0.15, 0.2) is 41.6 Å². The maximum atomic E-state index is 12.7. The molecule has 6 heteroatoms. The number of nitrogens with zero attached hydrogens (tertiary/aromatic N) is 2. The van der Waals surface area contributed by atoms with Crippen LogP contribution in [0.2, 0.25) is 0 Å². The van der Waals surface area contributed by atoms with E-state index in [4.69, 9.17) is 4.74 Å². The lowest BCUT2D eigenvalue weighted by Gasteiger charge is -2.12. The van der Waals surface area contributed by atoms with E-state index in [1.807, 2.05) is 13.8 Å². The van der Waals surface area contributed by atoms with Gasteiger partial charge in [-0.2, -0.15) is 0 Å². The van der Waals surface area contributed by atoms with Crippen LogP contribution < -0.4 is 4.74 Å². The van der Waals surface area contributed by atoms with Crippen LogP contribution in [0.25, 0.3) is 0 Å².